The van der Waals surface area contributed by atoms with Crippen LogP contribution in [0.25, 0.3) is 6.08 Å². The van der Waals surface area contributed by atoms with Gasteiger partial charge >= 0.3 is 5.97 Å². The number of rotatable bonds is 16. The number of aromatic hydroxyl groups is 1. The molecule has 48 heavy (non-hydrogen) atoms. The summed E-state index contributed by atoms with van der Waals surface area (Å²) in [5.74, 6) is -1.41. The molecule has 2 bridgehead atoms. The number of hydroxylamine groups is 2. The van der Waals surface area contributed by atoms with Crippen molar-refractivity contribution >= 4 is 18.0 Å². The first-order chi connectivity index (χ1) is 23.3. The minimum atomic E-state index is -1.27. The number of para-hydroxylation sites is 1. The molecule has 260 valence electrons. The molecule has 4 fully saturated rings. The van der Waals surface area contributed by atoms with Crippen molar-refractivity contribution in [3.05, 3.63) is 71.3 Å². The second-order valence-corrected chi connectivity index (χ2v) is 13.7. The number of phenols is 1. The van der Waals surface area contributed by atoms with E-state index in [-0.39, 0.29) is 37.8 Å². The molecule has 2 aromatic carbocycles. The predicted octanol–water partition coefficient (Wildman–Crippen LogP) is 5.20. The SMILES string of the molecule is CCCCCC1(CCCCC)OC2C3CC4(C(=O)NCCO)C(ON(Cc5cccc(C=CCc6ccccc6O)c5)C4C(=O)O3)C2O1. The van der Waals surface area contributed by atoms with Gasteiger partial charge in [0.25, 0.3) is 0 Å². The normalized spacial score (nSPS) is 28.8. The fourth-order valence-electron chi connectivity index (χ4n) is 8.01. The van der Waals surface area contributed by atoms with E-state index in [1.807, 2.05) is 48.6 Å². The van der Waals surface area contributed by atoms with Crippen LogP contribution in [-0.2, 0) is 41.6 Å². The number of esters is 1. The van der Waals surface area contributed by atoms with Gasteiger partial charge in [0.15, 0.2) is 11.8 Å². The maximum absolute atomic E-state index is 14.1. The zero-order chi connectivity index (χ0) is 33.7. The van der Waals surface area contributed by atoms with Gasteiger partial charge in [-0.3, -0.25) is 14.4 Å². The first-order valence-electron chi connectivity index (χ1n) is 17.7. The van der Waals surface area contributed by atoms with Crippen LogP contribution in [0.3, 0.4) is 0 Å². The summed E-state index contributed by atoms with van der Waals surface area (Å²) < 4.78 is 19.8. The summed E-state index contributed by atoms with van der Waals surface area (Å²) in [6.07, 6.45) is 9.89. The number of aliphatic hydroxyl groups is 1. The molecule has 1 amide bonds. The van der Waals surface area contributed by atoms with E-state index in [0.717, 1.165) is 68.1 Å². The predicted molar refractivity (Wildman–Crippen MR) is 179 cm³/mol. The number of nitrogens with one attached hydrogen (secondary N) is 1. The van der Waals surface area contributed by atoms with Crippen LogP contribution in [0.1, 0.15) is 88.3 Å². The van der Waals surface area contributed by atoms with Gasteiger partial charge in [0.2, 0.25) is 5.91 Å². The van der Waals surface area contributed by atoms with Gasteiger partial charge in [0.1, 0.15) is 35.6 Å². The highest BCUT2D eigenvalue weighted by atomic mass is 16.8. The number of ether oxygens (including phenoxy) is 3. The van der Waals surface area contributed by atoms with Crippen LogP contribution in [0.2, 0.25) is 0 Å². The molecule has 10 nitrogen and oxygen atoms in total. The van der Waals surface area contributed by atoms with Gasteiger partial charge in [0, 0.05) is 25.8 Å². The number of hydrogen-bond donors (Lipinski definition) is 3. The van der Waals surface area contributed by atoms with Crippen LogP contribution in [0.4, 0.5) is 0 Å². The summed E-state index contributed by atoms with van der Waals surface area (Å²) in [6.45, 7) is 4.43. The Labute approximate surface area is 283 Å². The lowest BCUT2D eigenvalue weighted by molar-refractivity contribution is -0.224. The quantitative estimate of drug-likeness (QED) is 0.164. The Bertz CT molecular complexity index is 1450. The average molecular weight is 663 g/mol. The lowest BCUT2D eigenvalue weighted by atomic mass is 9.62. The van der Waals surface area contributed by atoms with Gasteiger partial charge in [-0.15, -0.1) is 0 Å². The number of allylic oxidation sites excluding steroid dienone is 1. The van der Waals surface area contributed by atoms with E-state index in [1.165, 1.54) is 0 Å². The number of aliphatic hydroxyl groups excluding tert-OH is 1. The van der Waals surface area contributed by atoms with E-state index in [4.69, 9.17) is 19.0 Å². The van der Waals surface area contributed by atoms with Crippen molar-refractivity contribution in [1.29, 1.82) is 0 Å². The number of carbonyl (C=O) groups is 2. The van der Waals surface area contributed by atoms with E-state index in [0.29, 0.717) is 6.42 Å². The first kappa shape index (κ1) is 34.6. The standard InChI is InChI=1S/C38H50N2O8/c1-3-5-9-19-37(20-10-6-4-2)46-31-30-24-38(36(44)39-21-22-41)33(35(43)45-30)40(48-34(38)32(31)47-37)25-27-15-11-13-26(23-27)14-12-17-28-16-7-8-18-29(28)42/h7-8,11-16,18,23,30-34,41-42H,3-6,9-10,17,19-22,24-25H2,1-2H3,(H,39,44). The minimum absolute atomic E-state index is 0.0678. The molecule has 0 radical (unpaired) electrons. The molecule has 0 aromatic heterocycles. The monoisotopic (exact) mass is 662 g/mol. The van der Waals surface area contributed by atoms with Crippen molar-refractivity contribution in [2.24, 2.45) is 5.41 Å². The number of phenolic OH excluding ortho intramolecular Hbond substituents is 1. The Hall–Kier alpha value is -3.28. The summed E-state index contributed by atoms with van der Waals surface area (Å²) in [6, 6.07) is 14.2. The van der Waals surface area contributed by atoms with Crippen LogP contribution in [-0.4, -0.2) is 76.5 Å². The molecule has 3 N–H and O–H groups in total. The summed E-state index contributed by atoms with van der Waals surface area (Å²) in [5.41, 5.74) is 1.43. The number of unbranched alkanes of at least 4 members (excludes halogenated alkanes) is 4. The van der Waals surface area contributed by atoms with Crippen LogP contribution < -0.4 is 5.32 Å². The van der Waals surface area contributed by atoms with Gasteiger partial charge in [-0.2, -0.15) is 5.06 Å². The lowest BCUT2D eigenvalue weighted by Crippen LogP contribution is -2.69. The highest BCUT2D eigenvalue weighted by Gasteiger charge is 2.76. The van der Waals surface area contributed by atoms with Crippen molar-refractivity contribution in [3.63, 3.8) is 0 Å². The fourth-order valence-corrected chi connectivity index (χ4v) is 8.01. The Morgan fingerprint density at radius 3 is 2.50 bits per heavy atom. The van der Waals surface area contributed by atoms with E-state index >= 15 is 0 Å². The number of nitrogens with zero attached hydrogens (tertiary/aromatic N) is 1. The van der Waals surface area contributed by atoms with E-state index < -0.39 is 47.6 Å². The molecular weight excluding hydrogens is 612 g/mol. The molecule has 3 heterocycles. The largest absolute Gasteiger partial charge is 0.508 e. The molecule has 3 saturated heterocycles. The second-order valence-electron chi connectivity index (χ2n) is 13.7. The van der Waals surface area contributed by atoms with Gasteiger partial charge in [-0.1, -0.05) is 94.1 Å². The Morgan fingerprint density at radius 1 is 1.02 bits per heavy atom. The number of benzene rings is 2. The summed E-state index contributed by atoms with van der Waals surface area (Å²) in [4.78, 5) is 34.7. The van der Waals surface area contributed by atoms with Crippen LogP contribution in [0.5, 0.6) is 5.75 Å². The molecule has 1 saturated carbocycles. The van der Waals surface area contributed by atoms with Gasteiger partial charge in [-0.05, 0) is 42.0 Å². The molecule has 3 aliphatic heterocycles. The van der Waals surface area contributed by atoms with Crippen molar-refractivity contribution in [2.45, 2.75) is 121 Å². The van der Waals surface area contributed by atoms with Gasteiger partial charge < -0.3 is 29.7 Å². The maximum Gasteiger partial charge on any atom is 0.327 e. The third kappa shape index (κ3) is 6.78. The van der Waals surface area contributed by atoms with Gasteiger partial charge in [0.05, 0.1) is 13.2 Å². The van der Waals surface area contributed by atoms with Crippen LogP contribution >= 0.6 is 0 Å². The van der Waals surface area contributed by atoms with E-state index in [9.17, 15) is 19.8 Å². The van der Waals surface area contributed by atoms with Crippen molar-refractivity contribution < 1.29 is 38.9 Å². The Morgan fingerprint density at radius 2 is 1.77 bits per heavy atom. The summed E-state index contributed by atoms with van der Waals surface area (Å²) >= 11 is 0. The van der Waals surface area contributed by atoms with Crippen molar-refractivity contribution in [3.8, 4) is 5.75 Å². The Kier molecular flexibility index (Phi) is 10.9. The first-order valence-corrected chi connectivity index (χ1v) is 17.7. The minimum Gasteiger partial charge on any atom is -0.508 e. The maximum atomic E-state index is 14.1. The second kappa shape index (κ2) is 15.1. The summed E-state index contributed by atoms with van der Waals surface area (Å²) in [5, 5.41) is 24.1. The van der Waals surface area contributed by atoms with E-state index in [2.05, 4.69) is 19.2 Å². The number of fused-ring (bicyclic) bond motifs is 4. The third-order valence-corrected chi connectivity index (χ3v) is 10.3. The molecule has 4 aliphatic rings. The molecule has 6 atom stereocenters. The number of amides is 1. The summed E-state index contributed by atoms with van der Waals surface area (Å²) in [7, 11) is 0. The van der Waals surface area contributed by atoms with Crippen molar-refractivity contribution in [1.82, 2.24) is 10.4 Å². The van der Waals surface area contributed by atoms with E-state index in [1.54, 1.807) is 17.2 Å². The lowest BCUT2D eigenvalue weighted by Gasteiger charge is -2.48. The molecular formula is C38H50N2O8. The molecule has 2 aromatic rings. The van der Waals surface area contributed by atoms with Crippen LogP contribution in [0.15, 0.2) is 54.6 Å². The Balaban J connectivity index is 1.27. The molecule has 1 aliphatic carbocycles. The number of carbonyl (C=O) groups excluding carboxylic acids is 2. The fraction of sp³-hybridized carbons (Fsp3) is 0.579. The zero-order valence-electron chi connectivity index (χ0n) is 28.1. The third-order valence-electron chi connectivity index (χ3n) is 10.3. The number of hydrogen-bond acceptors (Lipinski definition) is 9. The van der Waals surface area contributed by atoms with Crippen molar-refractivity contribution in [2.75, 3.05) is 13.2 Å². The zero-order valence-corrected chi connectivity index (χ0v) is 28.1. The highest BCUT2D eigenvalue weighted by Crippen LogP contribution is 2.58. The highest BCUT2D eigenvalue weighted by molar-refractivity contribution is 5.93. The molecule has 10 heteroatoms. The van der Waals surface area contributed by atoms with Gasteiger partial charge in [-0.25, -0.2) is 0 Å². The molecule has 0 spiro atoms. The van der Waals surface area contributed by atoms with Crippen LogP contribution in [0, 0.1) is 5.41 Å². The smallest absolute Gasteiger partial charge is 0.327 e. The topological polar surface area (TPSA) is 127 Å². The molecule has 6 unspecified atom stereocenters. The molecule has 6 rings (SSSR count). The average Bonchev–Trinajstić information content (AvgIpc) is 3.63.